The highest BCUT2D eigenvalue weighted by molar-refractivity contribution is 5.64. The second-order valence-corrected chi connectivity index (χ2v) is 4.88. The van der Waals surface area contributed by atoms with Crippen molar-refractivity contribution in [1.82, 2.24) is 10.3 Å². The number of carbonyl (C=O) groups is 1. The van der Waals surface area contributed by atoms with E-state index in [9.17, 15) is 4.79 Å². The van der Waals surface area contributed by atoms with E-state index >= 15 is 0 Å². The molecule has 0 aliphatic carbocycles. The molecule has 1 amide bonds. The molecule has 0 spiro atoms. The zero-order valence-electron chi connectivity index (χ0n) is 11.1. The van der Waals surface area contributed by atoms with E-state index in [-0.39, 0.29) is 0 Å². The summed E-state index contributed by atoms with van der Waals surface area (Å²) < 4.78 is 0. The Labute approximate surface area is 113 Å². The van der Waals surface area contributed by atoms with Gasteiger partial charge in [0, 0.05) is 18.8 Å². The van der Waals surface area contributed by atoms with Crippen LogP contribution in [0.4, 0.5) is 10.6 Å². The van der Waals surface area contributed by atoms with Gasteiger partial charge in [0.2, 0.25) is 0 Å². The number of amides is 1. The normalized spacial score (nSPS) is 13.5. The van der Waals surface area contributed by atoms with Crippen molar-refractivity contribution in [3.63, 3.8) is 0 Å². The van der Waals surface area contributed by atoms with Crippen LogP contribution < -0.4 is 10.6 Å². The van der Waals surface area contributed by atoms with Crippen LogP contribution in [0.3, 0.4) is 0 Å². The maximum Gasteiger partial charge on any atom is 0.404 e. The number of unbranched alkanes of at least 4 members (excludes halogenated alkanes) is 2. The number of aromatic nitrogens is 1. The van der Waals surface area contributed by atoms with Gasteiger partial charge in [-0.25, -0.2) is 9.78 Å². The molecule has 1 aliphatic rings. The lowest BCUT2D eigenvalue weighted by Gasteiger charge is -2.17. The van der Waals surface area contributed by atoms with Crippen molar-refractivity contribution >= 4 is 11.9 Å². The van der Waals surface area contributed by atoms with Gasteiger partial charge in [0.05, 0.1) is 0 Å². The number of anilines is 1. The van der Waals surface area contributed by atoms with Gasteiger partial charge in [0.25, 0.3) is 0 Å². The molecule has 0 saturated heterocycles. The fourth-order valence-electron chi connectivity index (χ4n) is 2.31. The van der Waals surface area contributed by atoms with Crippen LogP contribution in [0.2, 0.25) is 0 Å². The molecule has 0 fully saturated rings. The highest BCUT2D eigenvalue weighted by atomic mass is 16.4. The summed E-state index contributed by atoms with van der Waals surface area (Å²) in [4.78, 5) is 14.9. The number of pyridine rings is 1. The number of hydrogen-bond donors (Lipinski definition) is 3. The van der Waals surface area contributed by atoms with Gasteiger partial charge in [-0.3, -0.25) is 0 Å². The monoisotopic (exact) mass is 263 g/mol. The van der Waals surface area contributed by atoms with E-state index in [4.69, 9.17) is 5.11 Å². The van der Waals surface area contributed by atoms with E-state index in [0.717, 1.165) is 50.2 Å². The summed E-state index contributed by atoms with van der Waals surface area (Å²) in [6.45, 7) is 1.55. The Kier molecular flexibility index (Phi) is 5.01. The summed E-state index contributed by atoms with van der Waals surface area (Å²) in [6.07, 6.45) is 5.28. The minimum Gasteiger partial charge on any atom is -0.465 e. The Morgan fingerprint density at radius 2 is 2.26 bits per heavy atom. The van der Waals surface area contributed by atoms with Crippen molar-refractivity contribution in [3.8, 4) is 0 Å². The summed E-state index contributed by atoms with van der Waals surface area (Å²) in [6, 6.07) is 4.29. The van der Waals surface area contributed by atoms with Gasteiger partial charge in [-0.05, 0) is 43.7 Å². The number of fused-ring (bicyclic) bond motifs is 1. The highest BCUT2D eigenvalue weighted by Crippen LogP contribution is 2.20. The molecule has 0 saturated carbocycles. The van der Waals surface area contributed by atoms with E-state index in [0.29, 0.717) is 6.54 Å². The second kappa shape index (κ2) is 6.97. The zero-order chi connectivity index (χ0) is 13.5. The minimum atomic E-state index is -0.942. The highest BCUT2D eigenvalue weighted by Gasteiger charge is 2.09. The summed E-state index contributed by atoms with van der Waals surface area (Å²) in [5, 5.41) is 14.1. The summed E-state index contributed by atoms with van der Waals surface area (Å²) in [7, 11) is 0. The average Bonchev–Trinajstić information content (AvgIpc) is 2.42. The molecule has 19 heavy (non-hydrogen) atoms. The molecular formula is C14H21N3O2. The molecule has 104 valence electrons. The Morgan fingerprint density at radius 1 is 1.37 bits per heavy atom. The van der Waals surface area contributed by atoms with Gasteiger partial charge in [-0.1, -0.05) is 12.5 Å². The Bertz CT molecular complexity index is 435. The molecule has 0 atom stereocenters. The quantitative estimate of drug-likeness (QED) is 0.689. The molecule has 2 heterocycles. The lowest BCUT2D eigenvalue weighted by Crippen LogP contribution is -2.21. The Morgan fingerprint density at radius 3 is 3.11 bits per heavy atom. The van der Waals surface area contributed by atoms with Crippen molar-refractivity contribution < 1.29 is 9.90 Å². The predicted molar refractivity (Wildman–Crippen MR) is 74.6 cm³/mol. The van der Waals surface area contributed by atoms with Crippen LogP contribution >= 0.6 is 0 Å². The van der Waals surface area contributed by atoms with Crippen LogP contribution in [0.25, 0.3) is 0 Å². The maximum absolute atomic E-state index is 10.3. The lowest BCUT2D eigenvalue weighted by atomic mass is 10.1. The molecule has 5 nitrogen and oxygen atoms in total. The predicted octanol–water partition coefficient (Wildman–Crippen LogP) is 2.42. The molecule has 2 rings (SSSR count). The standard InChI is InChI=1S/C14H21N3O2/c18-14(19)16-9-3-1-2-6-12-8-7-11-5-4-10-15-13(11)17-12/h7-8,16H,1-6,9-10H2,(H,15,17)(H,18,19). The van der Waals surface area contributed by atoms with Crippen LogP contribution in [-0.2, 0) is 12.8 Å². The Hall–Kier alpha value is -1.78. The Balaban J connectivity index is 1.70. The van der Waals surface area contributed by atoms with Gasteiger partial charge >= 0.3 is 6.09 Å². The molecule has 0 radical (unpaired) electrons. The summed E-state index contributed by atoms with van der Waals surface area (Å²) in [5.41, 5.74) is 2.44. The van der Waals surface area contributed by atoms with Gasteiger partial charge in [-0.15, -0.1) is 0 Å². The third-order valence-electron chi connectivity index (χ3n) is 3.34. The minimum absolute atomic E-state index is 0.536. The van der Waals surface area contributed by atoms with E-state index in [1.807, 2.05) is 0 Å². The van der Waals surface area contributed by atoms with E-state index < -0.39 is 6.09 Å². The van der Waals surface area contributed by atoms with Crippen molar-refractivity contribution in [1.29, 1.82) is 0 Å². The van der Waals surface area contributed by atoms with Crippen molar-refractivity contribution in [2.24, 2.45) is 0 Å². The van der Waals surface area contributed by atoms with Gasteiger partial charge < -0.3 is 15.7 Å². The molecule has 1 aromatic heterocycles. The molecule has 5 heteroatoms. The van der Waals surface area contributed by atoms with E-state index in [1.165, 1.54) is 12.0 Å². The third kappa shape index (κ3) is 4.43. The summed E-state index contributed by atoms with van der Waals surface area (Å²) >= 11 is 0. The largest absolute Gasteiger partial charge is 0.465 e. The number of nitrogens with one attached hydrogen (secondary N) is 2. The molecule has 1 aliphatic heterocycles. The molecule has 1 aromatic rings. The SMILES string of the molecule is O=C(O)NCCCCCc1ccc2c(n1)NCCC2. The number of nitrogens with zero attached hydrogens (tertiary/aromatic N) is 1. The van der Waals surface area contributed by atoms with Crippen LogP contribution in [0.5, 0.6) is 0 Å². The molecule has 0 unspecified atom stereocenters. The van der Waals surface area contributed by atoms with Gasteiger partial charge in [-0.2, -0.15) is 0 Å². The van der Waals surface area contributed by atoms with E-state index in [2.05, 4.69) is 27.8 Å². The van der Waals surface area contributed by atoms with E-state index in [1.54, 1.807) is 0 Å². The number of hydrogen-bond acceptors (Lipinski definition) is 3. The smallest absolute Gasteiger partial charge is 0.404 e. The van der Waals surface area contributed by atoms with Crippen molar-refractivity contribution in [3.05, 3.63) is 23.4 Å². The lowest BCUT2D eigenvalue weighted by molar-refractivity contribution is 0.194. The molecule has 0 bridgehead atoms. The van der Waals surface area contributed by atoms with Crippen LogP contribution in [-0.4, -0.2) is 29.3 Å². The second-order valence-electron chi connectivity index (χ2n) is 4.88. The number of carboxylic acid groups (broad SMARTS) is 1. The van der Waals surface area contributed by atoms with Crippen molar-refractivity contribution in [2.75, 3.05) is 18.4 Å². The topological polar surface area (TPSA) is 74.2 Å². The number of aryl methyl sites for hydroxylation is 2. The molecular weight excluding hydrogens is 242 g/mol. The fourth-order valence-corrected chi connectivity index (χ4v) is 2.31. The van der Waals surface area contributed by atoms with Gasteiger partial charge in [0.15, 0.2) is 0 Å². The zero-order valence-corrected chi connectivity index (χ0v) is 11.1. The fraction of sp³-hybridized carbons (Fsp3) is 0.571. The molecule has 0 aromatic carbocycles. The first-order chi connectivity index (χ1) is 9.25. The van der Waals surface area contributed by atoms with Crippen molar-refractivity contribution in [2.45, 2.75) is 38.5 Å². The van der Waals surface area contributed by atoms with Crippen LogP contribution in [0.1, 0.15) is 36.9 Å². The molecule has 3 N–H and O–H groups in total. The van der Waals surface area contributed by atoms with Crippen LogP contribution in [0, 0.1) is 0 Å². The maximum atomic E-state index is 10.3. The summed E-state index contributed by atoms with van der Waals surface area (Å²) in [5.74, 6) is 1.05. The first kappa shape index (κ1) is 13.6. The first-order valence-electron chi connectivity index (χ1n) is 6.95. The van der Waals surface area contributed by atoms with Gasteiger partial charge in [0.1, 0.15) is 5.82 Å². The first-order valence-corrected chi connectivity index (χ1v) is 6.95. The van der Waals surface area contributed by atoms with Crippen LogP contribution in [0.15, 0.2) is 12.1 Å². The third-order valence-corrected chi connectivity index (χ3v) is 3.34. The number of rotatable bonds is 6. The average molecular weight is 263 g/mol.